The fourth-order valence-corrected chi connectivity index (χ4v) is 4.96. The van der Waals surface area contributed by atoms with Crippen LogP contribution in [0.2, 0.25) is 0 Å². The summed E-state index contributed by atoms with van der Waals surface area (Å²) < 4.78 is 5.63. The molecule has 0 unspecified atom stereocenters. The van der Waals surface area contributed by atoms with Crippen molar-refractivity contribution in [3.8, 4) is 10.7 Å². The van der Waals surface area contributed by atoms with Crippen LogP contribution in [0.25, 0.3) is 33.8 Å². The van der Waals surface area contributed by atoms with Crippen molar-refractivity contribution < 1.29 is 14.3 Å². The lowest BCUT2D eigenvalue weighted by atomic mass is 10.1. The first-order chi connectivity index (χ1) is 17.5. The smallest absolute Gasteiger partial charge is 0.307 e. The summed E-state index contributed by atoms with van der Waals surface area (Å²) >= 11 is 1.63. The Balaban J connectivity index is 1.40. The van der Waals surface area contributed by atoms with Crippen LogP contribution in [0.15, 0.2) is 71.3 Å². The monoisotopic (exact) mass is 495 g/mol. The third-order valence-corrected chi connectivity index (χ3v) is 6.97. The van der Waals surface area contributed by atoms with Gasteiger partial charge in [-0.3, -0.25) is 4.79 Å². The van der Waals surface area contributed by atoms with E-state index < -0.39 is 5.97 Å². The average molecular weight is 496 g/mol. The summed E-state index contributed by atoms with van der Waals surface area (Å²) in [6, 6.07) is 19.5. The van der Waals surface area contributed by atoms with E-state index in [9.17, 15) is 4.79 Å². The number of benzene rings is 2. The van der Waals surface area contributed by atoms with Gasteiger partial charge in [-0.25, -0.2) is 9.97 Å². The van der Waals surface area contributed by atoms with Crippen LogP contribution in [0.4, 0.5) is 11.5 Å². The van der Waals surface area contributed by atoms with Gasteiger partial charge in [-0.2, -0.15) is 0 Å². The Morgan fingerprint density at radius 1 is 1.06 bits per heavy atom. The molecule has 5 rings (SSSR count). The summed E-state index contributed by atoms with van der Waals surface area (Å²) in [7, 11) is 0. The number of carboxylic acid groups (broad SMARTS) is 1. The topological polar surface area (TPSA) is 88.3 Å². The molecule has 0 amide bonds. The second kappa shape index (κ2) is 10.2. The summed E-state index contributed by atoms with van der Waals surface area (Å²) in [5.41, 5.74) is 5.51. The molecule has 36 heavy (non-hydrogen) atoms. The van der Waals surface area contributed by atoms with Gasteiger partial charge in [-0.05, 0) is 61.4 Å². The van der Waals surface area contributed by atoms with E-state index in [2.05, 4.69) is 36.5 Å². The molecule has 0 saturated carbocycles. The zero-order valence-corrected chi connectivity index (χ0v) is 20.8. The Bertz CT molecular complexity index is 1560. The van der Waals surface area contributed by atoms with Gasteiger partial charge in [0, 0.05) is 32.8 Å². The number of carboxylic acids is 1. The minimum Gasteiger partial charge on any atom is -0.481 e. The number of rotatable bonds is 8. The van der Waals surface area contributed by atoms with Gasteiger partial charge in [0.2, 0.25) is 0 Å². The fraction of sp³-hybridized carbons (Fsp3) is 0.138. The molecule has 3 heterocycles. The van der Waals surface area contributed by atoms with Crippen molar-refractivity contribution >= 4 is 51.9 Å². The number of carbonyl (C=O) groups is 1. The maximum absolute atomic E-state index is 11.0. The van der Waals surface area contributed by atoms with Gasteiger partial charge >= 0.3 is 5.97 Å². The molecule has 0 bridgehead atoms. The number of fused-ring (bicyclic) bond motifs is 1. The van der Waals surface area contributed by atoms with E-state index in [0.29, 0.717) is 5.82 Å². The van der Waals surface area contributed by atoms with E-state index in [4.69, 9.17) is 19.5 Å². The van der Waals surface area contributed by atoms with Crippen LogP contribution in [0.3, 0.4) is 0 Å². The van der Waals surface area contributed by atoms with Crippen LogP contribution in [0, 0.1) is 6.92 Å². The van der Waals surface area contributed by atoms with Crippen molar-refractivity contribution in [3.05, 3.63) is 94.2 Å². The van der Waals surface area contributed by atoms with Crippen molar-refractivity contribution in [2.75, 3.05) is 5.32 Å². The molecular formula is C29H25N3O3S. The average Bonchev–Trinajstić information content (AvgIpc) is 3.51. The number of para-hydroxylation sites is 1. The number of thiophene rings is 1. The van der Waals surface area contributed by atoms with Gasteiger partial charge in [0.25, 0.3) is 0 Å². The Kier molecular flexibility index (Phi) is 6.64. The van der Waals surface area contributed by atoms with E-state index in [1.54, 1.807) is 17.6 Å². The minimum atomic E-state index is -0.844. The first-order valence-electron chi connectivity index (χ1n) is 11.7. The lowest BCUT2D eigenvalue weighted by Crippen LogP contribution is -2.05. The predicted molar refractivity (Wildman–Crippen MR) is 146 cm³/mol. The lowest BCUT2D eigenvalue weighted by molar-refractivity contribution is -0.136. The number of aliphatic carboxylic acids is 1. The molecule has 7 heteroatoms. The molecule has 0 aliphatic carbocycles. The molecule has 0 radical (unpaired) electrons. The van der Waals surface area contributed by atoms with Crippen molar-refractivity contribution in [3.63, 3.8) is 0 Å². The van der Waals surface area contributed by atoms with Crippen LogP contribution in [-0.4, -0.2) is 21.0 Å². The van der Waals surface area contributed by atoms with E-state index >= 15 is 0 Å². The number of aryl methyl sites for hydroxylation is 1. The largest absolute Gasteiger partial charge is 0.481 e. The molecule has 3 aromatic heterocycles. The molecule has 6 nitrogen and oxygen atoms in total. The van der Waals surface area contributed by atoms with Crippen LogP contribution in [0.1, 0.15) is 34.2 Å². The SMILES string of the molecule is CCc1c(C)nc(-c2ccc(/C=C/c3coc4ccccc34)s2)nc1Nc1ccc(CC(=O)O)cc1. The third kappa shape index (κ3) is 5.06. The highest BCUT2D eigenvalue weighted by Crippen LogP contribution is 2.31. The Morgan fingerprint density at radius 3 is 2.64 bits per heavy atom. The van der Waals surface area contributed by atoms with Crippen LogP contribution in [0.5, 0.6) is 0 Å². The Labute approximate surface area is 213 Å². The summed E-state index contributed by atoms with van der Waals surface area (Å²) in [4.78, 5) is 22.7. The molecule has 0 atom stereocenters. The van der Waals surface area contributed by atoms with E-state index in [-0.39, 0.29) is 6.42 Å². The molecule has 0 spiro atoms. The normalized spacial score (nSPS) is 11.4. The number of anilines is 2. The molecule has 180 valence electrons. The first-order valence-corrected chi connectivity index (χ1v) is 12.5. The summed E-state index contributed by atoms with van der Waals surface area (Å²) in [6.45, 7) is 4.09. The Hall–Kier alpha value is -4.23. The zero-order chi connectivity index (χ0) is 25.1. The first kappa shape index (κ1) is 23.5. The van der Waals surface area contributed by atoms with Crippen LogP contribution < -0.4 is 5.32 Å². The second-order valence-corrected chi connectivity index (χ2v) is 9.54. The molecule has 0 fully saturated rings. The number of hydrogen-bond donors (Lipinski definition) is 2. The Morgan fingerprint density at radius 2 is 1.86 bits per heavy atom. The molecule has 0 aliphatic heterocycles. The minimum absolute atomic E-state index is 0.00321. The zero-order valence-electron chi connectivity index (χ0n) is 20.0. The second-order valence-electron chi connectivity index (χ2n) is 8.43. The quantitative estimate of drug-likeness (QED) is 0.234. The summed E-state index contributed by atoms with van der Waals surface area (Å²) in [5, 5.41) is 13.5. The highest BCUT2D eigenvalue weighted by Gasteiger charge is 2.14. The van der Waals surface area contributed by atoms with E-state index in [1.807, 2.05) is 55.5 Å². The molecule has 0 saturated heterocycles. The third-order valence-electron chi connectivity index (χ3n) is 5.92. The summed E-state index contributed by atoms with van der Waals surface area (Å²) in [5.74, 6) is 0.595. The van der Waals surface area contributed by atoms with Gasteiger partial charge in [-0.1, -0.05) is 37.3 Å². The molecule has 5 aromatic rings. The van der Waals surface area contributed by atoms with Crippen molar-refractivity contribution in [2.45, 2.75) is 26.7 Å². The van der Waals surface area contributed by atoms with E-state index in [1.165, 1.54) is 0 Å². The maximum atomic E-state index is 11.0. The number of aromatic nitrogens is 2. The van der Waals surface area contributed by atoms with Gasteiger partial charge in [0.15, 0.2) is 5.82 Å². The molecule has 0 aliphatic rings. The molecule has 2 aromatic carbocycles. The van der Waals surface area contributed by atoms with Gasteiger partial charge in [0.05, 0.1) is 17.6 Å². The van der Waals surface area contributed by atoms with Crippen molar-refractivity contribution in [1.29, 1.82) is 0 Å². The van der Waals surface area contributed by atoms with Gasteiger partial charge in [0.1, 0.15) is 11.4 Å². The standard InChI is InChI=1S/C29H25N3O3S/c1-3-23-18(2)30-29(32-28(23)31-21-11-8-19(9-12-21)16-27(33)34)26-15-14-22(36-26)13-10-20-17-35-25-7-5-4-6-24(20)25/h4-15,17H,3,16H2,1-2H3,(H,33,34)(H,30,31,32)/b13-10+. The number of furan rings is 1. The molecular weight excluding hydrogens is 470 g/mol. The van der Waals surface area contributed by atoms with Gasteiger partial charge < -0.3 is 14.8 Å². The van der Waals surface area contributed by atoms with Crippen molar-refractivity contribution in [1.82, 2.24) is 9.97 Å². The van der Waals surface area contributed by atoms with E-state index in [0.717, 1.165) is 61.0 Å². The van der Waals surface area contributed by atoms with Crippen LogP contribution >= 0.6 is 11.3 Å². The highest BCUT2D eigenvalue weighted by molar-refractivity contribution is 7.16. The number of nitrogens with one attached hydrogen (secondary N) is 1. The van der Waals surface area contributed by atoms with Crippen LogP contribution in [-0.2, 0) is 17.6 Å². The summed E-state index contributed by atoms with van der Waals surface area (Å²) in [6.07, 6.45) is 6.72. The maximum Gasteiger partial charge on any atom is 0.307 e. The fourth-order valence-electron chi connectivity index (χ4n) is 4.11. The number of hydrogen-bond acceptors (Lipinski definition) is 6. The predicted octanol–water partition coefficient (Wildman–Crippen LogP) is 7.36. The van der Waals surface area contributed by atoms with Gasteiger partial charge in [-0.15, -0.1) is 11.3 Å². The van der Waals surface area contributed by atoms with Crippen molar-refractivity contribution in [2.24, 2.45) is 0 Å². The number of nitrogens with zero attached hydrogens (tertiary/aromatic N) is 2. The lowest BCUT2D eigenvalue weighted by Gasteiger charge is -2.14. The highest BCUT2D eigenvalue weighted by atomic mass is 32.1. The molecule has 2 N–H and O–H groups in total.